The van der Waals surface area contributed by atoms with E-state index < -0.39 is 6.04 Å². The predicted octanol–water partition coefficient (Wildman–Crippen LogP) is 6.03. The lowest BCUT2D eigenvalue weighted by atomic mass is 9.96. The molecule has 0 saturated carbocycles. The van der Waals surface area contributed by atoms with Crippen molar-refractivity contribution < 1.29 is 9.21 Å². The fraction of sp³-hybridized carbons (Fsp3) is 0.214. The van der Waals surface area contributed by atoms with Crippen molar-refractivity contribution in [2.24, 2.45) is 0 Å². The molecule has 1 aromatic heterocycles. The van der Waals surface area contributed by atoms with E-state index in [0.717, 1.165) is 34.4 Å². The summed E-state index contributed by atoms with van der Waals surface area (Å²) in [5.74, 6) is -0.151. The van der Waals surface area contributed by atoms with Crippen molar-refractivity contribution in [3.05, 3.63) is 110 Å². The maximum absolute atomic E-state index is 13.7. The number of fused-ring (bicyclic) bond motifs is 2. The van der Waals surface area contributed by atoms with Crippen LogP contribution in [-0.2, 0) is 6.42 Å². The molecule has 0 N–H and O–H groups in total. The Morgan fingerprint density at radius 2 is 1.53 bits per heavy atom. The van der Waals surface area contributed by atoms with Crippen molar-refractivity contribution in [1.82, 2.24) is 0 Å². The zero-order valence-electron chi connectivity index (χ0n) is 18.7. The van der Waals surface area contributed by atoms with E-state index in [1.165, 1.54) is 5.56 Å². The average Bonchev–Trinajstić information content (AvgIpc) is 3.08. The summed E-state index contributed by atoms with van der Waals surface area (Å²) in [6.07, 6.45) is 0.924. The summed E-state index contributed by atoms with van der Waals surface area (Å²) >= 11 is 0. The standard InChI is InChI=1S/C28H25NO3/c1-5-19-8-10-20(11-9-19)25-24-26(30)22-14-17(3)18(4)15-23(22)32-27(24)28(31)29(25)21-12-6-16(2)7-13-21/h6-15,25H,5H2,1-4H3. The largest absolute Gasteiger partial charge is 0.450 e. The molecule has 0 bridgehead atoms. The van der Waals surface area contributed by atoms with Crippen LogP contribution >= 0.6 is 0 Å². The molecule has 32 heavy (non-hydrogen) atoms. The van der Waals surface area contributed by atoms with E-state index >= 15 is 0 Å². The summed E-state index contributed by atoms with van der Waals surface area (Å²) in [5.41, 5.74) is 6.71. The van der Waals surface area contributed by atoms with Gasteiger partial charge in [0.25, 0.3) is 5.91 Å². The van der Waals surface area contributed by atoms with E-state index in [-0.39, 0.29) is 17.1 Å². The first-order chi connectivity index (χ1) is 15.4. The molecular formula is C28H25NO3. The van der Waals surface area contributed by atoms with Crippen LogP contribution in [0.15, 0.2) is 69.9 Å². The SMILES string of the molecule is CCc1ccc(C2c3c(oc4cc(C)c(C)cc4c3=O)C(=O)N2c2ccc(C)cc2)cc1. The Bertz CT molecular complexity index is 1410. The fourth-order valence-corrected chi connectivity index (χ4v) is 4.45. The van der Waals surface area contributed by atoms with Crippen LogP contribution in [0.4, 0.5) is 5.69 Å². The van der Waals surface area contributed by atoms with Gasteiger partial charge in [-0.1, -0.05) is 48.9 Å². The second-order valence-corrected chi connectivity index (χ2v) is 8.61. The molecule has 160 valence electrons. The lowest BCUT2D eigenvalue weighted by Gasteiger charge is -2.25. The van der Waals surface area contributed by atoms with Crippen molar-refractivity contribution in [1.29, 1.82) is 0 Å². The molecule has 4 nitrogen and oxygen atoms in total. The Labute approximate surface area is 187 Å². The third-order valence-electron chi connectivity index (χ3n) is 6.50. The van der Waals surface area contributed by atoms with Gasteiger partial charge in [0.2, 0.25) is 5.76 Å². The maximum Gasteiger partial charge on any atom is 0.295 e. The highest BCUT2D eigenvalue weighted by atomic mass is 16.3. The van der Waals surface area contributed by atoms with Crippen LogP contribution in [0.3, 0.4) is 0 Å². The molecule has 0 saturated heterocycles. The zero-order chi connectivity index (χ0) is 22.6. The van der Waals surface area contributed by atoms with Crippen molar-refractivity contribution >= 4 is 22.6 Å². The second kappa shape index (κ2) is 7.49. The van der Waals surface area contributed by atoms with Crippen molar-refractivity contribution in [2.75, 3.05) is 4.90 Å². The average molecular weight is 424 g/mol. The first kappa shape index (κ1) is 20.3. The maximum atomic E-state index is 13.7. The lowest BCUT2D eigenvalue weighted by molar-refractivity contribution is 0.0971. The molecular weight excluding hydrogens is 398 g/mol. The summed E-state index contributed by atoms with van der Waals surface area (Å²) in [6, 6.07) is 19.1. The van der Waals surface area contributed by atoms with Gasteiger partial charge in [0, 0.05) is 5.69 Å². The first-order valence-corrected chi connectivity index (χ1v) is 11.0. The number of carbonyl (C=O) groups is 1. The van der Waals surface area contributed by atoms with Gasteiger partial charge in [0.1, 0.15) is 5.58 Å². The highest BCUT2D eigenvalue weighted by molar-refractivity contribution is 6.10. The van der Waals surface area contributed by atoms with Gasteiger partial charge in [-0.05, 0) is 73.7 Å². The molecule has 1 atom stereocenters. The first-order valence-electron chi connectivity index (χ1n) is 11.0. The molecule has 1 amide bonds. The summed E-state index contributed by atoms with van der Waals surface area (Å²) in [5, 5.41) is 0.514. The number of amides is 1. The van der Waals surface area contributed by atoms with Crippen molar-refractivity contribution in [3.63, 3.8) is 0 Å². The Morgan fingerprint density at radius 3 is 2.19 bits per heavy atom. The predicted molar refractivity (Wildman–Crippen MR) is 128 cm³/mol. The Kier molecular flexibility index (Phi) is 4.74. The number of hydrogen-bond donors (Lipinski definition) is 0. The molecule has 2 heterocycles. The minimum Gasteiger partial charge on any atom is -0.450 e. The van der Waals surface area contributed by atoms with Gasteiger partial charge in [0.15, 0.2) is 5.43 Å². The summed E-state index contributed by atoms with van der Waals surface area (Å²) in [6.45, 7) is 8.06. The summed E-state index contributed by atoms with van der Waals surface area (Å²) in [4.78, 5) is 29.0. The van der Waals surface area contributed by atoms with Crippen LogP contribution in [0.5, 0.6) is 0 Å². The topological polar surface area (TPSA) is 50.5 Å². The molecule has 4 aromatic rings. The summed E-state index contributed by atoms with van der Waals surface area (Å²) < 4.78 is 6.11. The van der Waals surface area contributed by atoms with E-state index in [1.807, 2.05) is 69.3 Å². The molecule has 1 unspecified atom stereocenters. The van der Waals surface area contributed by atoms with E-state index in [9.17, 15) is 9.59 Å². The van der Waals surface area contributed by atoms with Gasteiger partial charge in [0.05, 0.1) is 17.0 Å². The summed E-state index contributed by atoms with van der Waals surface area (Å²) in [7, 11) is 0. The minimum absolute atomic E-state index is 0.135. The monoisotopic (exact) mass is 423 g/mol. The van der Waals surface area contributed by atoms with E-state index in [4.69, 9.17) is 4.42 Å². The van der Waals surface area contributed by atoms with E-state index in [1.54, 1.807) is 4.90 Å². The third-order valence-corrected chi connectivity index (χ3v) is 6.50. The molecule has 0 aliphatic carbocycles. The van der Waals surface area contributed by atoms with Gasteiger partial charge in [-0.2, -0.15) is 0 Å². The molecule has 0 spiro atoms. The number of rotatable bonds is 3. The normalized spacial score (nSPS) is 15.4. The lowest BCUT2D eigenvalue weighted by Crippen LogP contribution is -2.29. The van der Waals surface area contributed by atoms with Gasteiger partial charge in [-0.15, -0.1) is 0 Å². The number of carbonyl (C=O) groups excluding carboxylic acids is 1. The molecule has 5 rings (SSSR count). The Balaban J connectivity index is 1.80. The van der Waals surface area contributed by atoms with Crippen LogP contribution in [0.2, 0.25) is 0 Å². The van der Waals surface area contributed by atoms with Crippen molar-refractivity contribution in [3.8, 4) is 0 Å². The Hall–Kier alpha value is -3.66. The van der Waals surface area contributed by atoms with Gasteiger partial charge >= 0.3 is 0 Å². The Morgan fingerprint density at radius 1 is 0.875 bits per heavy atom. The van der Waals surface area contributed by atoms with Gasteiger partial charge < -0.3 is 4.42 Å². The van der Waals surface area contributed by atoms with Gasteiger partial charge in [-0.3, -0.25) is 14.5 Å². The van der Waals surface area contributed by atoms with E-state index in [2.05, 4.69) is 19.1 Å². The van der Waals surface area contributed by atoms with Crippen LogP contribution < -0.4 is 10.3 Å². The smallest absolute Gasteiger partial charge is 0.295 e. The molecule has 1 aliphatic rings. The highest BCUT2D eigenvalue weighted by Crippen LogP contribution is 2.41. The second-order valence-electron chi connectivity index (χ2n) is 8.61. The number of aryl methyl sites for hydroxylation is 4. The number of nitrogens with zero attached hydrogens (tertiary/aromatic N) is 1. The molecule has 3 aromatic carbocycles. The van der Waals surface area contributed by atoms with Gasteiger partial charge in [-0.25, -0.2) is 0 Å². The third kappa shape index (κ3) is 3.06. The molecule has 4 heteroatoms. The van der Waals surface area contributed by atoms with Crippen LogP contribution in [0, 0.1) is 20.8 Å². The van der Waals surface area contributed by atoms with Crippen LogP contribution in [-0.4, -0.2) is 5.91 Å². The number of benzene rings is 3. The highest BCUT2D eigenvalue weighted by Gasteiger charge is 2.43. The number of anilines is 1. The zero-order valence-corrected chi connectivity index (χ0v) is 18.7. The van der Waals surface area contributed by atoms with Crippen LogP contribution in [0.25, 0.3) is 11.0 Å². The fourth-order valence-electron chi connectivity index (χ4n) is 4.45. The quantitative estimate of drug-likeness (QED) is 0.404. The number of hydrogen-bond acceptors (Lipinski definition) is 3. The molecule has 1 aliphatic heterocycles. The van der Waals surface area contributed by atoms with E-state index in [0.29, 0.717) is 16.5 Å². The molecule has 0 fully saturated rings. The van der Waals surface area contributed by atoms with Crippen LogP contribution in [0.1, 0.15) is 56.9 Å². The minimum atomic E-state index is -0.534. The van der Waals surface area contributed by atoms with Crippen molar-refractivity contribution in [2.45, 2.75) is 40.2 Å². The molecule has 0 radical (unpaired) electrons.